The van der Waals surface area contributed by atoms with Crippen molar-refractivity contribution in [2.24, 2.45) is 15.7 Å². The zero-order valence-corrected chi connectivity index (χ0v) is 8.54. The van der Waals surface area contributed by atoms with Crippen LogP contribution in [0, 0.1) is 0 Å². The van der Waals surface area contributed by atoms with Crippen molar-refractivity contribution < 1.29 is 14.6 Å². The van der Waals surface area contributed by atoms with Gasteiger partial charge in [0, 0.05) is 0 Å². The second-order valence-electron chi connectivity index (χ2n) is 3.34. The lowest BCUT2D eigenvalue weighted by Crippen LogP contribution is -2.54. The van der Waals surface area contributed by atoms with Gasteiger partial charge in [-0.2, -0.15) is 0 Å². The van der Waals surface area contributed by atoms with Gasteiger partial charge in [-0.15, -0.1) is 0 Å². The summed E-state index contributed by atoms with van der Waals surface area (Å²) in [5.74, 6) is 0.215. The van der Waals surface area contributed by atoms with Gasteiger partial charge in [-0.3, -0.25) is 20.4 Å². The molecule has 0 bridgehead atoms. The van der Waals surface area contributed by atoms with Gasteiger partial charge in [-0.05, 0) is 0 Å². The normalized spacial score (nSPS) is 27.8. The summed E-state index contributed by atoms with van der Waals surface area (Å²) >= 11 is 0. The van der Waals surface area contributed by atoms with Crippen LogP contribution in [0.5, 0.6) is 0 Å². The van der Waals surface area contributed by atoms with Crippen LogP contribution >= 0.6 is 0 Å². The van der Waals surface area contributed by atoms with E-state index < -0.39 is 12.3 Å². The Morgan fingerprint density at radius 3 is 3.25 bits per heavy atom. The molecule has 1 amide bonds. The molecule has 0 aromatic heterocycles. The molecule has 2 atom stereocenters. The highest BCUT2D eigenvalue weighted by Gasteiger charge is 2.36. The number of nitrogens with two attached hydrogens (primary N) is 1. The van der Waals surface area contributed by atoms with Crippen molar-refractivity contribution in [1.29, 1.82) is 0 Å². The Bertz CT molecular complexity index is 343. The molecule has 0 saturated heterocycles. The number of aliphatic hydroxyl groups excluding tert-OH is 1. The minimum atomic E-state index is -0.735. The van der Waals surface area contributed by atoms with Crippen LogP contribution in [-0.2, 0) is 9.53 Å². The largest absolute Gasteiger partial charge is 0.394 e. The number of carbonyl (C=O) groups excluding carboxylic acids is 1. The van der Waals surface area contributed by atoms with E-state index in [4.69, 9.17) is 15.6 Å². The van der Waals surface area contributed by atoms with Crippen molar-refractivity contribution >= 4 is 18.1 Å². The molecule has 0 aromatic rings. The van der Waals surface area contributed by atoms with E-state index in [0.717, 1.165) is 0 Å². The second-order valence-corrected chi connectivity index (χ2v) is 3.34. The lowest BCUT2D eigenvalue weighted by Gasteiger charge is -2.24. The number of aliphatic hydroxyl groups is 1. The molecule has 4 N–H and O–H groups in total. The summed E-state index contributed by atoms with van der Waals surface area (Å²) in [6.07, 6.45) is 0.749. The molecule has 8 nitrogen and oxygen atoms in total. The zero-order chi connectivity index (χ0) is 11.5. The Kier molecular flexibility index (Phi) is 3.13. The third kappa shape index (κ3) is 2.03. The Hall–Kier alpha value is -1.51. The summed E-state index contributed by atoms with van der Waals surface area (Å²) in [4.78, 5) is 21.1. The van der Waals surface area contributed by atoms with Gasteiger partial charge < -0.3 is 15.2 Å². The lowest BCUT2D eigenvalue weighted by atomic mass is 10.2. The summed E-state index contributed by atoms with van der Waals surface area (Å²) in [7, 11) is 0. The van der Waals surface area contributed by atoms with Crippen LogP contribution in [0.25, 0.3) is 0 Å². The monoisotopic (exact) mass is 227 g/mol. The summed E-state index contributed by atoms with van der Waals surface area (Å²) in [5.41, 5.74) is 5.52. The predicted molar refractivity (Wildman–Crippen MR) is 55.6 cm³/mol. The molecule has 0 aromatic carbocycles. The fourth-order valence-corrected chi connectivity index (χ4v) is 1.49. The van der Waals surface area contributed by atoms with Gasteiger partial charge >= 0.3 is 0 Å². The first-order chi connectivity index (χ1) is 7.72. The van der Waals surface area contributed by atoms with E-state index in [1.165, 1.54) is 6.34 Å². The first-order valence-electron chi connectivity index (χ1n) is 4.84. The van der Waals surface area contributed by atoms with Gasteiger partial charge in [0.25, 0.3) is 5.91 Å². The molecule has 88 valence electrons. The number of hydrogen-bond donors (Lipinski definition) is 3. The Morgan fingerprint density at radius 1 is 1.69 bits per heavy atom. The first kappa shape index (κ1) is 11.0. The number of rotatable bonds is 4. The van der Waals surface area contributed by atoms with Gasteiger partial charge in [-0.25, -0.2) is 4.99 Å². The molecular formula is C8H13N5O3. The molecule has 0 radical (unpaired) electrons. The maximum Gasteiger partial charge on any atom is 0.255 e. The van der Waals surface area contributed by atoms with E-state index >= 15 is 0 Å². The number of amides is 1. The number of nitrogens with one attached hydrogen (secondary N) is 1. The molecule has 2 aliphatic rings. The quantitative estimate of drug-likeness (QED) is 0.457. The Morgan fingerprint density at radius 2 is 2.50 bits per heavy atom. The van der Waals surface area contributed by atoms with Gasteiger partial charge in [-0.1, -0.05) is 0 Å². The highest BCUT2D eigenvalue weighted by molar-refractivity contribution is 6.15. The molecule has 2 heterocycles. The van der Waals surface area contributed by atoms with Crippen LogP contribution in [0.2, 0.25) is 0 Å². The third-order valence-corrected chi connectivity index (χ3v) is 2.17. The van der Waals surface area contributed by atoms with Crippen molar-refractivity contribution in [2.75, 3.05) is 19.9 Å². The summed E-state index contributed by atoms with van der Waals surface area (Å²) in [5, 5.41) is 11.0. The summed E-state index contributed by atoms with van der Waals surface area (Å²) < 4.78 is 5.12. The van der Waals surface area contributed by atoms with Gasteiger partial charge in [0.1, 0.15) is 12.6 Å². The van der Waals surface area contributed by atoms with E-state index in [0.29, 0.717) is 5.84 Å². The average molecular weight is 227 g/mol. The predicted octanol–water partition coefficient (Wildman–Crippen LogP) is -2.56. The van der Waals surface area contributed by atoms with E-state index in [9.17, 15) is 4.79 Å². The smallest absolute Gasteiger partial charge is 0.255 e. The van der Waals surface area contributed by atoms with Crippen LogP contribution in [-0.4, -0.2) is 60.4 Å². The first-order valence-corrected chi connectivity index (χ1v) is 4.84. The molecule has 2 rings (SSSR count). The number of ether oxygens (including phenoxy) is 1. The standard InChI is InChI=1S/C8H13N5O3/c9-8-11-6-5(7(15)12-8)10-3-13(6)4-16-2-1-14/h3,5,8,14H,1-2,4,9H2,(H,12,15). The molecule has 0 fully saturated rings. The van der Waals surface area contributed by atoms with Crippen LogP contribution in [0.1, 0.15) is 0 Å². The number of hydrogen-bond acceptors (Lipinski definition) is 7. The van der Waals surface area contributed by atoms with E-state index in [-0.39, 0.29) is 25.9 Å². The highest BCUT2D eigenvalue weighted by atomic mass is 16.5. The highest BCUT2D eigenvalue weighted by Crippen LogP contribution is 2.12. The minimum absolute atomic E-state index is 0.0547. The summed E-state index contributed by atoms with van der Waals surface area (Å²) in [6.45, 7) is 0.362. The molecule has 2 unspecified atom stereocenters. The van der Waals surface area contributed by atoms with Gasteiger partial charge in [0.2, 0.25) is 0 Å². The minimum Gasteiger partial charge on any atom is -0.394 e. The topological polar surface area (TPSA) is 113 Å². The Balaban J connectivity index is 2.02. The van der Waals surface area contributed by atoms with Crippen LogP contribution in [0.15, 0.2) is 9.98 Å². The van der Waals surface area contributed by atoms with Crippen molar-refractivity contribution in [1.82, 2.24) is 10.2 Å². The van der Waals surface area contributed by atoms with Crippen molar-refractivity contribution in [3.8, 4) is 0 Å². The summed E-state index contributed by atoms with van der Waals surface area (Å²) in [6, 6.07) is -0.627. The Labute approximate surface area is 91.8 Å². The van der Waals surface area contributed by atoms with Crippen molar-refractivity contribution in [2.45, 2.75) is 12.3 Å². The number of fused-ring (bicyclic) bond motifs is 1. The lowest BCUT2D eigenvalue weighted by molar-refractivity contribution is -0.121. The molecule has 16 heavy (non-hydrogen) atoms. The van der Waals surface area contributed by atoms with Gasteiger partial charge in [0.05, 0.1) is 19.6 Å². The van der Waals surface area contributed by atoms with Crippen molar-refractivity contribution in [3.05, 3.63) is 0 Å². The average Bonchev–Trinajstić information content (AvgIpc) is 2.62. The van der Waals surface area contributed by atoms with Crippen molar-refractivity contribution in [3.63, 3.8) is 0 Å². The SMILES string of the molecule is NC1N=C2C(N=CN2COCCO)C(=O)N1. The molecule has 2 aliphatic heterocycles. The molecule has 0 saturated carbocycles. The van der Waals surface area contributed by atoms with E-state index in [1.54, 1.807) is 4.90 Å². The fourth-order valence-electron chi connectivity index (χ4n) is 1.49. The maximum atomic E-state index is 11.5. The van der Waals surface area contributed by atoms with Gasteiger partial charge in [0.15, 0.2) is 12.3 Å². The molecule has 0 spiro atoms. The molecular weight excluding hydrogens is 214 g/mol. The van der Waals surface area contributed by atoms with Crippen LogP contribution in [0.3, 0.4) is 0 Å². The zero-order valence-electron chi connectivity index (χ0n) is 8.54. The van der Waals surface area contributed by atoms with E-state index in [2.05, 4.69) is 15.3 Å². The number of amidine groups is 1. The third-order valence-electron chi connectivity index (χ3n) is 2.17. The number of nitrogens with zero attached hydrogens (tertiary/aromatic N) is 3. The van der Waals surface area contributed by atoms with E-state index in [1.807, 2.05) is 0 Å². The molecule has 0 aliphatic carbocycles. The second kappa shape index (κ2) is 4.56. The number of carbonyl (C=O) groups is 1. The maximum absolute atomic E-state index is 11.5. The molecule has 8 heteroatoms. The van der Waals surface area contributed by atoms with Crippen LogP contribution < -0.4 is 11.1 Å². The fraction of sp³-hybridized carbons (Fsp3) is 0.625. The van der Waals surface area contributed by atoms with Crippen LogP contribution in [0.4, 0.5) is 0 Å². The number of aliphatic imine (C=N–C) groups is 2.